The molecule has 0 spiro atoms. The predicted octanol–water partition coefficient (Wildman–Crippen LogP) is 10.9. The molecular weight excluding hydrogens is 717 g/mol. The summed E-state index contributed by atoms with van der Waals surface area (Å²) in [5.74, 6) is 0.177. The monoisotopic (exact) mass is 770 g/mol. The van der Waals surface area contributed by atoms with E-state index in [1.54, 1.807) is 44.2 Å². The highest BCUT2D eigenvalue weighted by Gasteiger charge is 2.35. The van der Waals surface area contributed by atoms with E-state index < -0.39 is 18.2 Å². The largest absolute Gasteiger partial charge is 0.513 e. The molecule has 1 atom stereocenters. The van der Waals surface area contributed by atoms with E-state index in [1.165, 1.54) is 11.1 Å². The fraction of sp³-hybridized carbons (Fsp3) is 0.354. The number of hydrogen-bond acceptors (Lipinski definition) is 8. The highest BCUT2D eigenvalue weighted by atomic mass is 16.7. The molecule has 1 aromatic heterocycles. The first-order chi connectivity index (χ1) is 27.1. The number of fused-ring (bicyclic) bond motifs is 3. The second-order valence-electron chi connectivity index (χ2n) is 16.5. The zero-order valence-corrected chi connectivity index (χ0v) is 34.8. The summed E-state index contributed by atoms with van der Waals surface area (Å²) >= 11 is 0. The van der Waals surface area contributed by atoms with Crippen molar-refractivity contribution in [3.05, 3.63) is 137 Å². The molecule has 0 saturated heterocycles. The molecule has 0 N–H and O–H groups in total. The number of hydrogen-bond donors (Lipinski definition) is 0. The molecule has 298 valence electrons. The summed E-state index contributed by atoms with van der Waals surface area (Å²) in [4.78, 5) is 32.7. The minimum Gasteiger partial charge on any atom is -0.497 e. The van der Waals surface area contributed by atoms with Crippen LogP contribution in [0.2, 0.25) is 0 Å². The number of carbonyl (C=O) groups excluding carboxylic acids is 2. The second kappa shape index (κ2) is 16.7. The third kappa shape index (κ3) is 8.78. The summed E-state index contributed by atoms with van der Waals surface area (Å²) in [7, 11) is 3.12. The van der Waals surface area contributed by atoms with Crippen molar-refractivity contribution in [1.29, 1.82) is 0 Å². The minimum absolute atomic E-state index is 0.0243. The fourth-order valence-electron chi connectivity index (χ4n) is 7.30. The molecule has 0 saturated carbocycles. The smallest absolute Gasteiger partial charge is 0.497 e. The SMILES string of the molecule is CCCOC(=O)C(=C(C)OC(=O)OCC1c2cc(C(C)(C)C)ccc2-c2ccc(C(C)(C)C)cc21)C(c1ccc(OC)cc1OC)n1cnc(-c2ccccc2)c1. The number of esters is 1. The summed E-state index contributed by atoms with van der Waals surface area (Å²) in [6.07, 6.45) is 3.15. The number of aromatic nitrogens is 2. The van der Waals surface area contributed by atoms with Crippen LogP contribution in [0.4, 0.5) is 4.79 Å². The van der Waals surface area contributed by atoms with E-state index >= 15 is 0 Å². The van der Waals surface area contributed by atoms with Crippen LogP contribution in [0.1, 0.15) is 102 Å². The normalized spacial score (nSPS) is 13.6. The Bertz CT molecular complexity index is 2210. The van der Waals surface area contributed by atoms with Crippen molar-refractivity contribution < 1.29 is 33.3 Å². The van der Waals surface area contributed by atoms with Crippen molar-refractivity contribution in [2.45, 2.75) is 84.6 Å². The lowest BCUT2D eigenvalue weighted by molar-refractivity contribution is -0.139. The molecule has 6 rings (SSSR count). The van der Waals surface area contributed by atoms with E-state index in [0.29, 0.717) is 29.2 Å². The number of ether oxygens (including phenoxy) is 5. The molecule has 57 heavy (non-hydrogen) atoms. The summed E-state index contributed by atoms with van der Waals surface area (Å²) in [6, 6.07) is 27.4. The van der Waals surface area contributed by atoms with Crippen molar-refractivity contribution in [3.63, 3.8) is 0 Å². The van der Waals surface area contributed by atoms with Crippen molar-refractivity contribution in [2.24, 2.45) is 0 Å². The highest BCUT2D eigenvalue weighted by molar-refractivity contribution is 5.91. The van der Waals surface area contributed by atoms with Gasteiger partial charge in [-0.2, -0.15) is 0 Å². The van der Waals surface area contributed by atoms with Gasteiger partial charge in [0.1, 0.15) is 29.4 Å². The molecule has 9 nitrogen and oxygen atoms in total. The summed E-state index contributed by atoms with van der Waals surface area (Å²) in [5.41, 5.74) is 8.98. The zero-order valence-electron chi connectivity index (χ0n) is 34.8. The van der Waals surface area contributed by atoms with E-state index in [0.717, 1.165) is 27.8 Å². The zero-order chi connectivity index (χ0) is 41.1. The maximum Gasteiger partial charge on any atom is 0.513 e. The van der Waals surface area contributed by atoms with Crippen LogP contribution in [0, 0.1) is 0 Å². The Morgan fingerprint density at radius 1 is 0.789 bits per heavy atom. The van der Waals surface area contributed by atoms with Gasteiger partial charge in [-0.3, -0.25) is 0 Å². The number of benzene rings is 4. The Labute approximate surface area is 336 Å². The van der Waals surface area contributed by atoms with Crippen molar-refractivity contribution in [2.75, 3.05) is 27.4 Å². The van der Waals surface area contributed by atoms with Gasteiger partial charge in [-0.1, -0.05) is 115 Å². The van der Waals surface area contributed by atoms with Gasteiger partial charge in [0.2, 0.25) is 0 Å². The fourth-order valence-corrected chi connectivity index (χ4v) is 7.30. The molecule has 0 bridgehead atoms. The molecular formula is C48H54N2O7. The van der Waals surface area contributed by atoms with E-state index in [-0.39, 0.29) is 41.3 Å². The van der Waals surface area contributed by atoms with E-state index in [2.05, 4.69) is 82.9 Å². The van der Waals surface area contributed by atoms with Crippen molar-refractivity contribution in [1.82, 2.24) is 9.55 Å². The Balaban J connectivity index is 1.39. The molecule has 0 amide bonds. The first-order valence-corrected chi connectivity index (χ1v) is 19.5. The Kier molecular flexibility index (Phi) is 12.0. The molecule has 9 heteroatoms. The average Bonchev–Trinajstić information content (AvgIpc) is 3.80. The standard InChI is InChI=1S/C48H54N2O7/c1-11-23-55-45(51)43(44(37-22-19-34(53-9)26-42(37)54-10)50-27-41(49-29-50)31-15-13-12-14-16-31)30(2)57-46(52)56-28-40-38-24-32(47(3,4)5)17-20-35(38)36-21-18-33(25-39(36)40)48(6,7)8/h12-22,24-27,29,40,44H,11,23,28H2,1-10H3. The summed E-state index contributed by atoms with van der Waals surface area (Å²) < 4.78 is 30.8. The van der Waals surface area contributed by atoms with Gasteiger partial charge in [0.15, 0.2) is 0 Å². The minimum atomic E-state index is -0.932. The first-order valence-electron chi connectivity index (χ1n) is 19.5. The molecule has 1 aliphatic carbocycles. The number of methoxy groups -OCH3 is 2. The van der Waals surface area contributed by atoms with E-state index in [1.807, 2.05) is 49.5 Å². The highest BCUT2D eigenvalue weighted by Crippen LogP contribution is 2.48. The number of nitrogens with zero attached hydrogens (tertiary/aromatic N) is 2. The number of allylic oxidation sites excluding steroid dienone is 1. The van der Waals surface area contributed by atoms with Gasteiger partial charge in [0, 0.05) is 29.3 Å². The first kappa shape index (κ1) is 40.8. The van der Waals surface area contributed by atoms with Crippen LogP contribution in [-0.2, 0) is 29.8 Å². The number of carbonyl (C=O) groups is 2. The van der Waals surface area contributed by atoms with Crippen LogP contribution < -0.4 is 9.47 Å². The van der Waals surface area contributed by atoms with Gasteiger partial charge in [-0.05, 0) is 69.7 Å². The van der Waals surface area contributed by atoms with Gasteiger partial charge in [0.25, 0.3) is 0 Å². The van der Waals surface area contributed by atoms with Gasteiger partial charge < -0.3 is 28.3 Å². The maximum atomic E-state index is 14.2. The van der Waals surface area contributed by atoms with Gasteiger partial charge in [0.05, 0.1) is 38.9 Å². The summed E-state index contributed by atoms with van der Waals surface area (Å²) in [5, 5.41) is 0. The molecule has 1 heterocycles. The summed E-state index contributed by atoms with van der Waals surface area (Å²) in [6.45, 7) is 16.8. The van der Waals surface area contributed by atoms with Crippen LogP contribution in [0.3, 0.4) is 0 Å². The quantitative estimate of drug-likeness (QED) is 0.0703. The Hall–Kier alpha value is -5.83. The second-order valence-corrected chi connectivity index (χ2v) is 16.5. The van der Waals surface area contributed by atoms with E-state index in [9.17, 15) is 9.59 Å². The van der Waals surface area contributed by atoms with Gasteiger partial charge in [-0.15, -0.1) is 0 Å². The van der Waals surface area contributed by atoms with Crippen LogP contribution >= 0.6 is 0 Å². The molecule has 0 fully saturated rings. The van der Waals surface area contributed by atoms with Crippen LogP contribution in [0.15, 0.2) is 109 Å². The number of imidazole rings is 1. The third-order valence-corrected chi connectivity index (χ3v) is 10.5. The lowest BCUT2D eigenvalue weighted by Gasteiger charge is -2.25. The Morgan fingerprint density at radius 3 is 1.98 bits per heavy atom. The van der Waals surface area contributed by atoms with Crippen LogP contribution in [-0.4, -0.2) is 49.1 Å². The van der Waals surface area contributed by atoms with Crippen molar-refractivity contribution in [3.8, 4) is 33.9 Å². The molecule has 5 aromatic rings. The predicted molar refractivity (Wildman–Crippen MR) is 223 cm³/mol. The van der Waals surface area contributed by atoms with Crippen molar-refractivity contribution >= 4 is 12.1 Å². The molecule has 0 aliphatic heterocycles. The topological polar surface area (TPSA) is 98.1 Å². The molecule has 1 aliphatic rings. The average molecular weight is 771 g/mol. The van der Waals surface area contributed by atoms with Gasteiger partial charge in [-0.25, -0.2) is 14.6 Å². The molecule has 4 aromatic carbocycles. The maximum absolute atomic E-state index is 14.2. The lowest BCUT2D eigenvalue weighted by Crippen LogP contribution is -2.24. The molecule has 0 radical (unpaired) electrons. The lowest BCUT2D eigenvalue weighted by atomic mass is 9.83. The third-order valence-electron chi connectivity index (χ3n) is 10.5. The van der Waals surface area contributed by atoms with Gasteiger partial charge >= 0.3 is 12.1 Å². The Morgan fingerprint density at radius 2 is 1.42 bits per heavy atom. The number of rotatable bonds is 12. The van der Waals surface area contributed by atoms with Crippen LogP contribution in [0.25, 0.3) is 22.4 Å². The molecule has 1 unspecified atom stereocenters. The van der Waals surface area contributed by atoms with E-state index in [4.69, 9.17) is 23.7 Å². The van der Waals surface area contributed by atoms with Crippen LogP contribution in [0.5, 0.6) is 11.5 Å².